The largest absolute Gasteiger partial charge is 0.496 e. The molecule has 1 aromatic heterocycles. The lowest BCUT2D eigenvalue weighted by Crippen LogP contribution is -2.34. The van der Waals surface area contributed by atoms with E-state index in [4.69, 9.17) is 9.72 Å². The summed E-state index contributed by atoms with van der Waals surface area (Å²) >= 11 is 0. The molecule has 0 unspecified atom stereocenters. The monoisotopic (exact) mass is 498 g/mol. The van der Waals surface area contributed by atoms with E-state index in [1.165, 1.54) is 0 Å². The Balaban J connectivity index is 1.35. The van der Waals surface area contributed by atoms with E-state index < -0.39 is 0 Å². The van der Waals surface area contributed by atoms with Crippen LogP contribution in [0.25, 0.3) is 11.0 Å². The number of ether oxygens (including phenoxy) is 1. The molecule has 4 aromatic rings. The Morgan fingerprint density at radius 1 is 0.919 bits per heavy atom. The van der Waals surface area contributed by atoms with Crippen molar-refractivity contribution >= 4 is 28.5 Å². The highest BCUT2D eigenvalue weighted by atomic mass is 16.5. The number of aromatic nitrogens is 2. The smallest absolute Gasteiger partial charge is 0.255 e. The highest BCUT2D eigenvalue weighted by molar-refractivity contribution is 5.97. The number of fused-ring (bicyclic) bond motifs is 1. The van der Waals surface area contributed by atoms with Crippen molar-refractivity contribution in [3.05, 3.63) is 90.3 Å². The predicted molar refractivity (Wildman–Crippen MR) is 147 cm³/mol. The van der Waals surface area contributed by atoms with Gasteiger partial charge < -0.3 is 19.5 Å². The second-order valence-electron chi connectivity index (χ2n) is 8.84. The molecule has 7 heteroatoms. The Hall–Kier alpha value is -4.13. The Bertz CT molecular complexity index is 1330. The minimum atomic E-state index is -0.128. The van der Waals surface area contributed by atoms with E-state index in [9.17, 15) is 9.59 Å². The van der Waals surface area contributed by atoms with Crippen LogP contribution in [0.4, 0.5) is 5.69 Å². The molecular formula is C30H34N4O3. The number of likely N-dealkylation sites (N-methyl/N-ethyl adjacent to an activating group) is 1. The summed E-state index contributed by atoms with van der Waals surface area (Å²) < 4.78 is 7.32. The van der Waals surface area contributed by atoms with E-state index in [1.807, 2.05) is 83.1 Å². The van der Waals surface area contributed by atoms with Gasteiger partial charge in [-0.3, -0.25) is 9.59 Å². The van der Waals surface area contributed by atoms with Crippen LogP contribution in [-0.2, 0) is 17.8 Å². The third-order valence-electron chi connectivity index (χ3n) is 6.43. The van der Waals surface area contributed by atoms with Crippen LogP contribution in [0.5, 0.6) is 5.75 Å². The maximum Gasteiger partial charge on any atom is 0.255 e. The number of methoxy groups -OCH3 is 1. The number of hydrogen-bond donors (Lipinski definition) is 1. The van der Waals surface area contributed by atoms with Crippen molar-refractivity contribution in [3.63, 3.8) is 0 Å². The lowest BCUT2D eigenvalue weighted by Gasteiger charge is -2.22. The number of nitrogens with zero attached hydrogens (tertiary/aromatic N) is 3. The number of hydrogen-bond acceptors (Lipinski definition) is 4. The number of carbonyl (C=O) groups is 2. The molecule has 0 saturated heterocycles. The molecule has 0 aliphatic carbocycles. The van der Waals surface area contributed by atoms with Crippen LogP contribution < -0.4 is 15.0 Å². The molecular weight excluding hydrogens is 464 g/mol. The molecule has 1 heterocycles. The average molecular weight is 499 g/mol. The van der Waals surface area contributed by atoms with Gasteiger partial charge in [0.15, 0.2) is 0 Å². The molecule has 0 radical (unpaired) electrons. The molecule has 2 amide bonds. The summed E-state index contributed by atoms with van der Waals surface area (Å²) in [5.41, 5.74) is 3.31. The van der Waals surface area contributed by atoms with Crippen LogP contribution in [0.2, 0.25) is 0 Å². The van der Waals surface area contributed by atoms with Crippen molar-refractivity contribution in [2.75, 3.05) is 25.1 Å². The number of anilines is 1. The third kappa shape index (κ3) is 6.36. The van der Waals surface area contributed by atoms with Gasteiger partial charge in [0.2, 0.25) is 5.91 Å². The number of aryl methyl sites for hydroxylation is 1. The SMILES string of the molecule is CCN(C(=O)Cn1c(CCCCCNC(=O)c2ccccc2OC)nc2ccccc21)c1ccccc1. The van der Waals surface area contributed by atoms with Crippen LogP contribution >= 0.6 is 0 Å². The van der Waals surface area contributed by atoms with E-state index in [2.05, 4.69) is 5.32 Å². The van der Waals surface area contributed by atoms with Gasteiger partial charge >= 0.3 is 0 Å². The predicted octanol–water partition coefficient (Wildman–Crippen LogP) is 5.24. The zero-order valence-corrected chi connectivity index (χ0v) is 21.5. The van der Waals surface area contributed by atoms with Crippen molar-refractivity contribution in [3.8, 4) is 5.75 Å². The van der Waals surface area contributed by atoms with Gasteiger partial charge in [0.1, 0.15) is 18.1 Å². The van der Waals surface area contributed by atoms with Crippen molar-refractivity contribution < 1.29 is 14.3 Å². The molecule has 192 valence electrons. The normalized spacial score (nSPS) is 10.9. The molecule has 7 nitrogen and oxygen atoms in total. The maximum absolute atomic E-state index is 13.3. The molecule has 4 rings (SSSR count). The van der Waals surface area contributed by atoms with Crippen LogP contribution in [0, 0.1) is 0 Å². The van der Waals surface area contributed by atoms with Gasteiger partial charge in [-0.05, 0) is 56.2 Å². The summed E-state index contributed by atoms with van der Waals surface area (Å²) in [5.74, 6) is 1.40. The van der Waals surface area contributed by atoms with Crippen LogP contribution in [0.1, 0.15) is 42.4 Å². The van der Waals surface area contributed by atoms with Crippen molar-refractivity contribution in [2.45, 2.75) is 39.2 Å². The van der Waals surface area contributed by atoms with E-state index in [1.54, 1.807) is 19.2 Å². The average Bonchev–Trinajstić information content (AvgIpc) is 3.28. The van der Waals surface area contributed by atoms with Crippen molar-refractivity contribution in [1.29, 1.82) is 0 Å². The van der Waals surface area contributed by atoms with Gasteiger partial charge in [-0.2, -0.15) is 0 Å². The minimum absolute atomic E-state index is 0.0390. The van der Waals surface area contributed by atoms with Gasteiger partial charge in [0, 0.05) is 25.2 Å². The minimum Gasteiger partial charge on any atom is -0.496 e. The van der Waals surface area contributed by atoms with Crippen molar-refractivity contribution in [1.82, 2.24) is 14.9 Å². The fourth-order valence-electron chi connectivity index (χ4n) is 4.54. The topological polar surface area (TPSA) is 76.5 Å². The summed E-state index contributed by atoms with van der Waals surface area (Å²) in [6, 6.07) is 24.9. The molecule has 1 N–H and O–H groups in total. The number of para-hydroxylation sites is 4. The number of nitrogens with one attached hydrogen (secondary N) is 1. The third-order valence-corrected chi connectivity index (χ3v) is 6.43. The molecule has 0 fully saturated rings. The lowest BCUT2D eigenvalue weighted by atomic mass is 10.1. The highest BCUT2D eigenvalue weighted by Crippen LogP contribution is 2.20. The Labute approximate surface area is 218 Å². The van der Waals surface area contributed by atoms with Crippen LogP contribution in [0.15, 0.2) is 78.9 Å². The van der Waals surface area contributed by atoms with Gasteiger partial charge in [-0.25, -0.2) is 4.98 Å². The second kappa shape index (κ2) is 12.7. The fourth-order valence-corrected chi connectivity index (χ4v) is 4.54. The number of amides is 2. The molecule has 0 saturated carbocycles. The first kappa shape index (κ1) is 25.9. The Kier molecular flexibility index (Phi) is 8.92. The maximum atomic E-state index is 13.3. The molecule has 0 aliphatic heterocycles. The zero-order valence-electron chi connectivity index (χ0n) is 21.5. The second-order valence-corrected chi connectivity index (χ2v) is 8.84. The zero-order chi connectivity index (χ0) is 26.0. The molecule has 3 aromatic carbocycles. The van der Waals surface area contributed by atoms with E-state index in [0.29, 0.717) is 24.4 Å². The summed E-state index contributed by atoms with van der Waals surface area (Å²) in [7, 11) is 1.56. The van der Waals surface area contributed by atoms with E-state index >= 15 is 0 Å². The highest BCUT2D eigenvalue weighted by Gasteiger charge is 2.18. The fraction of sp³-hybridized carbons (Fsp3) is 0.300. The van der Waals surface area contributed by atoms with E-state index in [0.717, 1.165) is 48.2 Å². The number of unbranched alkanes of at least 4 members (excludes halogenated alkanes) is 2. The number of rotatable bonds is 12. The Morgan fingerprint density at radius 3 is 2.43 bits per heavy atom. The first-order valence-electron chi connectivity index (χ1n) is 12.8. The van der Waals surface area contributed by atoms with E-state index in [-0.39, 0.29) is 18.4 Å². The molecule has 0 bridgehead atoms. The van der Waals surface area contributed by atoms with Crippen LogP contribution in [-0.4, -0.2) is 41.6 Å². The number of carbonyl (C=O) groups excluding carboxylic acids is 2. The van der Waals surface area contributed by atoms with Gasteiger partial charge in [-0.1, -0.05) is 48.9 Å². The quantitative estimate of drug-likeness (QED) is 0.271. The van der Waals surface area contributed by atoms with Crippen molar-refractivity contribution in [2.24, 2.45) is 0 Å². The molecule has 0 spiro atoms. The molecule has 0 atom stereocenters. The Morgan fingerprint density at radius 2 is 1.65 bits per heavy atom. The summed E-state index contributed by atoms with van der Waals surface area (Å²) in [5, 5.41) is 2.98. The number of benzene rings is 3. The summed E-state index contributed by atoms with van der Waals surface area (Å²) in [4.78, 5) is 32.4. The number of imidazole rings is 1. The van der Waals surface area contributed by atoms with Crippen LogP contribution in [0.3, 0.4) is 0 Å². The van der Waals surface area contributed by atoms with Gasteiger partial charge in [-0.15, -0.1) is 0 Å². The standard InChI is InChI=1S/C30H34N4O3/c1-3-33(23-14-6-4-7-15-23)29(35)22-34-26-18-11-10-17-25(26)32-28(34)20-8-5-13-21-31-30(36)24-16-9-12-19-27(24)37-2/h4,6-7,9-12,14-19H,3,5,8,13,20-22H2,1-2H3,(H,31,36). The van der Waals surface area contributed by atoms with Gasteiger partial charge in [0.25, 0.3) is 5.91 Å². The first-order valence-corrected chi connectivity index (χ1v) is 12.8. The molecule has 0 aliphatic rings. The summed E-state index contributed by atoms with van der Waals surface area (Å²) in [6.07, 6.45) is 3.48. The lowest BCUT2D eigenvalue weighted by molar-refractivity contribution is -0.119. The summed E-state index contributed by atoms with van der Waals surface area (Å²) in [6.45, 7) is 3.43. The van der Waals surface area contributed by atoms with Gasteiger partial charge in [0.05, 0.1) is 23.7 Å². The molecule has 37 heavy (non-hydrogen) atoms. The first-order chi connectivity index (χ1) is 18.1.